The van der Waals surface area contributed by atoms with Crippen molar-refractivity contribution in [2.75, 3.05) is 6.54 Å². The van der Waals surface area contributed by atoms with Gasteiger partial charge in [-0.25, -0.2) is 4.98 Å². The normalized spacial score (nSPS) is 12.6. The highest BCUT2D eigenvalue weighted by Gasteiger charge is 2.11. The molecule has 0 spiro atoms. The van der Waals surface area contributed by atoms with Crippen LogP contribution in [0.25, 0.3) is 11.3 Å². The molecule has 84 valence electrons. The topological polar surface area (TPSA) is 43.8 Å². The van der Waals surface area contributed by atoms with Crippen molar-refractivity contribution in [1.29, 1.82) is 0 Å². The molecule has 0 fully saturated rings. The summed E-state index contributed by atoms with van der Waals surface area (Å²) in [5, 5.41) is 0. The molecule has 2 N–H and O–H groups in total. The summed E-state index contributed by atoms with van der Waals surface area (Å²) in [5.41, 5.74) is 8.10. The number of benzene rings is 1. The third-order valence-electron chi connectivity index (χ3n) is 2.87. The van der Waals surface area contributed by atoms with E-state index in [1.165, 1.54) is 5.56 Å². The molecule has 1 aromatic carbocycles. The van der Waals surface area contributed by atoms with Crippen LogP contribution in [0.15, 0.2) is 42.9 Å². The Morgan fingerprint density at radius 3 is 2.69 bits per heavy atom. The number of aromatic nitrogens is 2. The maximum absolute atomic E-state index is 5.77. The molecule has 1 unspecified atom stereocenters. The van der Waals surface area contributed by atoms with Crippen LogP contribution in [-0.4, -0.2) is 16.1 Å². The molecule has 1 heterocycles. The molecule has 0 amide bonds. The van der Waals surface area contributed by atoms with Gasteiger partial charge in [-0.2, -0.15) is 0 Å². The van der Waals surface area contributed by atoms with Gasteiger partial charge in [-0.15, -0.1) is 0 Å². The van der Waals surface area contributed by atoms with Crippen molar-refractivity contribution in [2.45, 2.75) is 19.4 Å². The monoisotopic (exact) mass is 215 g/mol. The fourth-order valence-electron chi connectivity index (χ4n) is 1.91. The Kier molecular flexibility index (Phi) is 3.37. The second-order valence-corrected chi connectivity index (χ2v) is 3.85. The molecule has 0 aliphatic rings. The minimum atomic E-state index is 0.331. The number of nitrogens with two attached hydrogens (primary N) is 1. The van der Waals surface area contributed by atoms with Gasteiger partial charge in [-0.3, -0.25) is 0 Å². The second-order valence-electron chi connectivity index (χ2n) is 3.85. The molecule has 3 heteroatoms. The van der Waals surface area contributed by atoms with Crippen molar-refractivity contribution >= 4 is 0 Å². The molecule has 0 radical (unpaired) electrons. The Bertz CT molecular complexity index is 429. The third-order valence-corrected chi connectivity index (χ3v) is 2.87. The Hall–Kier alpha value is -1.61. The van der Waals surface area contributed by atoms with E-state index in [1.54, 1.807) is 0 Å². The third kappa shape index (κ3) is 1.99. The molecule has 1 atom stereocenters. The lowest BCUT2D eigenvalue weighted by atomic mass is 10.1. The highest BCUT2D eigenvalue weighted by Crippen LogP contribution is 2.23. The van der Waals surface area contributed by atoms with E-state index < -0.39 is 0 Å². The Morgan fingerprint density at radius 2 is 2.06 bits per heavy atom. The average Bonchev–Trinajstić information content (AvgIpc) is 2.81. The Balaban J connectivity index is 2.40. The number of hydrogen-bond acceptors (Lipinski definition) is 2. The Morgan fingerprint density at radius 1 is 1.31 bits per heavy atom. The molecule has 0 aliphatic carbocycles. The van der Waals surface area contributed by atoms with Gasteiger partial charge < -0.3 is 10.3 Å². The van der Waals surface area contributed by atoms with E-state index in [9.17, 15) is 0 Å². The van der Waals surface area contributed by atoms with Crippen molar-refractivity contribution < 1.29 is 0 Å². The van der Waals surface area contributed by atoms with Gasteiger partial charge in [-0.1, -0.05) is 37.3 Å². The molecule has 1 aromatic heterocycles. The van der Waals surface area contributed by atoms with E-state index in [-0.39, 0.29) is 0 Å². The first-order valence-electron chi connectivity index (χ1n) is 5.64. The fraction of sp³-hybridized carbons (Fsp3) is 0.308. The zero-order valence-corrected chi connectivity index (χ0v) is 9.50. The highest BCUT2D eigenvalue weighted by atomic mass is 15.1. The van der Waals surface area contributed by atoms with E-state index in [1.807, 2.05) is 30.7 Å². The largest absolute Gasteiger partial charge is 0.328 e. The van der Waals surface area contributed by atoms with E-state index >= 15 is 0 Å². The summed E-state index contributed by atoms with van der Waals surface area (Å²) in [4.78, 5) is 4.22. The molecule has 2 aromatic rings. The first-order chi connectivity index (χ1) is 7.86. The summed E-state index contributed by atoms with van der Waals surface area (Å²) >= 11 is 0. The van der Waals surface area contributed by atoms with Gasteiger partial charge >= 0.3 is 0 Å². The second kappa shape index (κ2) is 4.94. The van der Waals surface area contributed by atoms with E-state index in [0.717, 1.165) is 12.1 Å². The summed E-state index contributed by atoms with van der Waals surface area (Å²) in [6.07, 6.45) is 4.78. The maximum atomic E-state index is 5.77. The van der Waals surface area contributed by atoms with E-state index in [0.29, 0.717) is 12.6 Å². The van der Waals surface area contributed by atoms with Crippen molar-refractivity contribution in [3.63, 3.8) is 0 Å². The lowest BCUT2D eigenvalue weighted by Gasteiger charge is -2.17. The van der Waals surface area contributed by atoms with Gasteiger partial charge in [0, 0.05) is 12.6 Å². The maximum Gasteiger partial charge on any atom is 0.0954 e. The molecule has 0 saturated carbocycles. The fourth-order valence-corrected chi connectivity index (χ4v) is 1.91. The summed E-state index contributed by atoms with van der Waals surface area (Å²) < 4.78 is 2.16. The predicted molar refractivity (Wildman–Crippen MR) is 66.0 cm³/mol. The summed E-state index contributed by atoms with van der Waals surface area (Å²) in [5.74, 6) is 0. The van der Waals surface area contributed by atoms with Crippen LogP contribution in [0, 0.1) is 0 Å². The molecular weight excluding hydrogens is 198 g/mol. The summed E-state index contributed by atoms with van der Waals surface area (Å²) in [6, 6.07) is 10.6. The van der Waals surface area contributed by atoms with Gasteiger partial charge in [-0.05, 0) is 12.0 Å². The van der Waals surface area contributed by atoms with Crippen molar-refractivity contribution in [3.05, 3.63) is 42.9 Å². The van der Waals surface area contributed by atoms with Crippen molar-refractivity contribution in [1.82, 2.24) is 9.55 Å². The smallest absolute Gasteiger partial charge is 0.0954 e. The van der Waals surface area contributed by atoms with Crippen LogP contribution in [0.5, 0.6) is 0 Å². The SMILES string of the molecule is CCC(CN)n1cncc1-c1ccccc1. The average molecular weight is 215 g/mol. The van der Waals surface area contributed by atoms with Crippen LogP contribution < -0.4 is 5.73 Å². The van der Waals surface area contributed by atoms with Crippen LogP contribution in [0.2, 0.25) is 0 Å². The molecule has 0 bridgehead atoms. The lowest BCUT2D eigenvalue weighted by Crippen LogP contribution is -2.18. The van der Waals surface area contributed by atoms with Crippen LogP contribution >= 0.6 is 0 Å². The van der Waals surface area contributed by atoms with Gasteiger partial charge in [0.2, 0.25) is 0 Å². The van der Waals surface area contributed by atoms with E-state index in [4.69, 9.17) is 5.73 Å². The van der Waals surface area contributed by atoms with Gasteiger partial charge in [0.15, 0.2) is 0 Å². The van der Waals surface area contributed by atoms with E-state index in [2.05, 4.69) is 28.6 Å². The first kappa shape index (κ1) is 10.9. The number of hydrogen-bond donors (Lipinski definition) is 1. The molecule has 3 nitrogen and oxygen atoms in total. The number of rotatable bonds is 4. The molecule has 0 saturated heterocycles. The Labute approximate surface area is 95.9 Å². The van der Waals surface area contributed by atoms with Crippen LogP contribution in [0.3, 0.4) is 0 Å². The van der Waals surface area contributed by atoms with Crippen LogP contribution in [0.1, 0.15) is 19.4 Å². The predicted octanol–water partition coefficient (Wildman–Crippen LogP) is 2.46. The number of nitrogens with zero attached hydrogens (tertiary/aromatic N) is 2. The standard InChI is InChI=1S/C13H17N3/c1-2-12(8-14)16-10-15-9-13(16)11-6-4-3-5-7-11/h3-7,9-10,12H,2,8,14H2,1H3. The molecule has 2 rings (SSSR count). The minimum absolute atomic E-state index is 0.331. The van der Waals surface area contributed by atoms with Crippen molar-refractivity contribution in [2.24, 2.45) is 5.73 Å². The van der Waals surface area contributed by atoms with Gasteiger partial charge in [0.05, 0.1) is 18.2 Å². The summed E-state index contributed by atoms with van der Waals surface area (Å²) in [6.45, 7) is 2.79. The molecule has 16 heavy (non-hydrogen) atoms. The summed E-state index contributed by atoms with van der Waals surface area (Å²) in [7, 11) is 0. The van der Waals surface area contributed by atoms with Gasteiger partial charge in [0.1, 0.15) is 0 Å². The zero-order chi connectivity index (χ0) is 11.4. The zero-order valence-electron chi connectivity index (χ0n) is 9.50. The molecule has 0 aliphatic heterocycles. The number of imidazole rings is 1. The first-order valence-corrected chi connectivity index (χ1v) is 5.64. The van der Waals surface area contributed by atoms with Gasteiger partial charge in [0.25, 0.3) is 0 Å². The van der Waals surface area contributed by atoms with Crippen LogP contribution in [0.4, 0.5) is 0 Å². The lowest BCUT2D eigenvalue weighted by molar-refractivity contribution is 0.500. The molecular formula is C13H17N3. The quantitative estimate of drug-likeness (QED) is 0.851. The van der Waals surface area contributed by atoms with Crippen molar-refractivity contribution in [3.8, 4) is 11.3 Å². The minimum Gasteiger partial charge on any atom is -0.328 e. The van der Waals surface area contributed by atoms with Crippen LogP contribution in [-0.2, 0) is 0 Å². The highest BCUT2D eigenvalue weighted by molar-refractivity contribution is 5.58.